The molecule has 0 N–H and O–H groups in total. The fourth-order valence-electron chi connectivity index (χ4n) is 4.42. The van der Waals surface area contributed by atoms with Crippen molar-refractivity contribution in [2.45, 2.75) is 43.8 Å². The third-order valence-electron chi connectivity index (χ3n) is 6.53. The Morgan fingerprint density at radius 1 is 0.853 bits per heavy atom. The average Bonchev–Trinajstić information content (AvgIpc) is 3.70. The van der Waals surface area contributed by atoms with Gasteiger partial charge in [0.1, 0.15) is 11.9 Å². The van der Waals surface area contributed by atoms with Crippen LogP contribution in [-0.2, 0) is 9.47 Å². The predicted octanol–water partition coefficient (Wildman–Crippen LogP) is 6.29. The van der Waals surface area contributed by atoms with Crippen LogP contribution in [0, 0.1) is 11.6 Å². The van der Waals surface area contributed by atoms with Crippen molar-refractivity contribution in [3.8, 4) is 16.9 Å². The van der Waals surface area contributed by atoms with Gasteiger partial charge in [-0.1, -0.05) is 30.3 Å². The van der Waals surface area contributed by atoms with Crippen LogP contribution in [0.5, 0.6) is 5.75 Å². The maximum atomic E-state index is 13.5. The number of ether oxygens (including phenoxy) is 3. The Morgan fingerprint density at radius 3 is 2.18 bits per heavy atom. The van der Waals surface area contributed by atoms with Gasteiger partial charge in [0.2, 0.25) is 0 Å². The third-order valence-corrected chi connectivity index (χ3v) is 6.53. The number of hydrogen-bond acceptors (Lipinski definition) is 4. The van der Waals surface area contributed by atoms with Crippen molar-refractivity contribution < 1.29 is 27.8 Å². The fourth-order valence-corrected chi connectivity index (χ4v) is 4.42. The monoisotopic (exact) mass is 464 g/mol. The molecule has 3 aromatic carbocycles. The van der Waals surface area contributed by atoms with Gasteiger partial charge in [0.25, 0.3) is 0 Å². The minimum Gasteiger partial charge on any atom is -0.423 e. The van der Waals surface area contributed by atoms with E-state index < -0.39 is 17.6 Å². The quantitative estimate of drug-likeness (QED) is 0.234. The maximum absolute atomic E-state index is 13.5. The van der Waals surface area contributed by atoms with Crippen LogP contribution in [0.1, 0.15) is 47.5 Å². The summed E-state index contributed by atoms with van der Waals surface area (Å²) in [5, 5.41) is 0. The van der Waals surface area contributed by atoms with Crippen molar-refractivity contribution in [3.63, 3.8) is 0 Å². The number of carbonyl (C=O) groups is 1. The van der Waals surface area contributed by atoms with Gasteiger partial charge in [0, 0.05) is 0 Å². The van der Waals surface area contributed by atoms with E-state index in [2.05, 4.69) is 0 Å². The lowest BCUT2D eigenvalue weighted by atomic mass is 9.82. The van der Waals surface area contributed by atoms with Gasteiger partial charge in [-0.15, -0.1) is 0 Å². The zero-order chi connectivity index (χ0) is 23.5. The van der Waals surface area contributed by atoms with Gasteiger partial charge in [-0.25, -0.2) is 13.6 Å². The molecule has 0 radical (unpaired) electrons. The SMILES string of the molecule is O=C(Oc1ccc(-c2ccc(F)c(F)c2)cc1)c1ccc(C2CCC(OCC3CO3)CC2)cc1. The third kappa shape index (κ3) is 5.51. The number of hydrogen-bond donors (Lipinski definition) is 0. The molecule has 0 bridgehead atoms. The molecule has 4 nitrogen and oxygen atoms in total. The lowest BCUT2D eigenvalue weighted by Gasteiger charge is -2.28. The molecule has 1 aliphatic carbocycles. The molecule has 1 heterocycles. The first-order valence-corrected chi connectivity index (χ1v) is 11.7. The summed E-state index contributed by atoms with van der Waals surface area (Å²) >= 11 is 0. The first kappa shape index (κ1) is 22.7. The Morgan fingerprint density at radius 2 is 1.53 bits per heavy atom. The molecule has 6 heteroatoms. The predicted molar refractivity (Wildman–Crippen MR) is 124 cm³/mol. The number of halogens is 2. The van der Waals surface area contributed by atoms with Crippen molar-refractivity contribution in [2.75, 3.05) is 13.2 Å². The molecular weight excluding hydrogens is 438 g/mol. The van der Waals surface area contributed by atoms with Gasteiger partial charge >= 0.3 is 5.97 Å². The number of epoxide rings is 1. The molecule has 1 saturated carbocycles. The van der Waals surface area contributed by atoms with E-state index in [4.69, 9.17) is 14.2 Å². The van der Waals surface area contributed by atoms with E-state index in [1.165, 1.54) is 11.6 Å². The van der Waals surface area contributed by atoms with Gasteiger partial charge in [-0.2, -0.15) is 0 Å². The summed E-state index contributed by atoms with van der Waals surface area (Å²) in [7, 11) is 0. The molecule has 34 heavy (non-hydrogen) atoms. The number of benzene rings is 3. The first-order valence-electron chi connectivity index (χ1n) is 11.7. The lowest BCUT2D eigenvalue weighted by molar-refractivity contribution is 0.0165. The van der Waals surface area contributed by atoms with Crippen molar-refractivity contribution in [3.05, 3.63) is 89.5 Å². The fraction of sp³-hybridized carbons (Fsp3) is 0.321. The molecule has 1 saturated heterocycles. The van der Waals surface area contributed by atoms with Crippen molar-refractivity contribution in [1.82, 2.24) is 0 Å². The van der Waals surface area contributed by atoms with Crippen molar-refractivity contribution >= 4 is 5.97 Å². The number of carbonyl (C=O) groups excluding carboxylic acids is 1. The second kappa shape index (κ2) is 10.0. The van der Waals surface area contributed by atoms with E-state index in [9.17, 15) is 13.6 Å². The van der Waals surface area contributed by atoms with E-state index in [-0.39, 0.29) is 0 Å². The topological polar surface area (TPSA) is 48.1 Å². The summed E-state index contributed by atoms with van der Waals surface area (Å²) in [6, 6.07) is 18.0. The second-order valence-corrected chi connectivity index (χ2v) is 8.93. The van der Waals surface area contributed by atoms with Crippen LogP contribution in [0.4, 0.5) is 8.78 Å². The van der Waals surface area contributed by atoms with E-state index in [0.29, 0.717) is 47.2 Å². The summed E-state index contributed by atoms with van der Waals surface area (Å²) in [5.74, 6) is -1.37. The minimum atomic E-state index is -0.901. The largest absolute Gasteiger partial charge is 0.423 e. The summed E-state index contributed by atoms with van der Waals surface area (Å²) in [5.41, 5.74) is 2.96. The lowest BCUT2D eigenvalue weighted by Crippen LogP contribution is -2.22. The molecule has 5 rings (SSSR count). The van der Waals surface area contributed by atoms with Crippen LogP contribution >= 0.6 is 0 Å². The van der Waals surface area contributed by atoms with Gasteiger partial charge < -0.3 is 14.2 Å². The normalized spacial score (nSPS) is 21.8. The van der Waals surface area contributed by atoms with Gasteiger partial charge in [0.05, 0.1) is 24.9 Å². The highest BCUT2D eigenvalue weighted by Crippen LogP contribution is 2.34. The molecule has 0 spiro atoms. The molecule has 0 amide bonds. The van der Waals surface area contributed by atoms with Crippen LogP contribution in [0.25, 0.3) is 11.1 Å². The van der Waals surface area contributed by atoms with Crippen LogP contribution in [0.2, 0.25) is 0 Å². The van der Waals surface area contributed by atoms with E-state index in [0.717, 1.165) is 44.4 Å². The van der Waals surface area contributed by atoms with E-state index in [1.54, 1.807) is 36.4 Å². The van der Waals surface area contributed by atoms with Crippen molar-refractivity contribution in [1.29, 1.82) is 0 Å². The zero-order valence-corrected chi connectivity index (χ0v) is 18.7. The Balaban J connectivity index is 1.15. The molecule has 176 valence electrons. The van der Waals surface area contributed by atoms with Gasteiger partial charge in [-0.3, -0.25) is 0 Å². The number of rotatable bonds is 7. The Hall–Kier alpha value is -3.09. The maximum Gasteiger partial charge on any atom is 0.343 e. The highest BCUT2D eigenvalue weighted by Gasteiger charge is 2.27. The van der Waals surface area contributed by atoms with Gasteiger partial charge in [-0.05, 0) is 84.7 Å². The molecule has 2 fully saturated rings. The Bertz CT molecular complexity index is 1130. The summed E-state index contributed by atoms with van der Waals surface area (Å²) in [6.07, 6.45) is 4.86. The van der Waals surface area contributed by atoms with Crippen LogP contribution < -0.4 is 4.74 Å². The Kier molecular flexibility index (Phi) is 6.70. The minimum absolute atomic E-state index is 0.308. The first-order chi connectivity index (χ1) is 16.5. The Labute approximate surface area is 197 Å². The molecule has 1 unspecified atom stereocenters. The molecular formula is C28H26F2O4. The molecule has 2 aliphatic rings. The molecule has 0 aromatic heterocycles. The summed E-state index contributed by atoms with van der Waals surface area (Å²) in [4.78, 5) is 12.6. The van der Waals surface area contributed by atoms with Gasteiger partial charge in [0.15, 0.2) is 11.6 Å². The average molecular weight is 465 g/mol. The van der Waals surface area contributed by atoms with E-state index in [1.807, 2.05) is 12.1 Å². The molecule has 1 aliphatic heterocycles. The zero-order valence-electron chi connectivity index (χ0n) is 18.7. The standard InChI is InChI=1S/C28H26F2O4/c29-26-14-9-22(15-27(26)30)20-7-12-24(13-8-20)34-28(31)21-3-1-18(2-4-21)19-5-10-23(11-6-19)32-16-25-17-33-25/h1-4,7-9,12-15,19,23,25H,5-6,10-11,16-17H2. The number of esters is 1. The van der Waals surface area contributed by atoms with Crippen LogP contribution in [0.3, 0.4) is 0 Å². The van der Waals surface area contributed by atoms with Crippen LogP contribution in [-0.4, -0.2) is 31.4 Å². The smallest absolute Gasteiger partial charge is 0.343 e. The van der Waals surface area contributed by atoms with Crippen LogP contribution in [0.15, 0.2) is 66.7 Å². The van der Waals surface area contributed by atoms with Crippen molar-refractivity contribution in [2.24, 2.45) is 0 Å². The molecule has 1 atom stereocenters. The highest BCUT2D eigenvalue weighted by atomic mass is 19.2. The highest BCUT2D eigenvalue weighted by molar-refractivity contribution is 5.91. The van der Waals surface area contributed by atoms with E-state index >= 15 is 0 Å². The molecule has 3 aromatic rings. The summed E-state index contributed by atoms with van der Waals surface area (Å²) < 4.78 is 43.2. The second-order valence-electron chi connectivity index (χ2n) is 8.93. The summed E-state index contributed by atoms with van der Waals surface area (Å²) in [6.45, 7) is 1.53.